The van der Waals surface area contributed by atoms with Gasteiger partial charge in [0.1, 0.15) is 0 Å². The van der Waals surface area contributed by atoms with Crippen LogP contribution in [0.4, 0.5) is 4.79 Å². The fourth-order valence-corrected chi connectivity index (χ4v) is 3.64. The van der Waals surface area contributed by atoms with E-state index in [2.05, 4.69) is 10.4 Å². The first-order valence-corrected chi connectivity index (χ1v) is 9.00. The fraction of sp³-hybridized carbons (Fsp3) is 0.0500. The highest BCUT2D eigenvalue weighted by atomic mass is 32.1. The van der Waals surface area contributed by atoms with Gasteiger partial charge < -0.3 is 5.32 Å². The lowest BCUT2D eigenvalue weighted by Gasteiger charge is -2.27. The number of hydrogen-bond donors (Lipinski definition) is 1. The summed E-state index contributed by atoms with van der Waals surface area (Å²) >= 11 is 1.52. The van der Waals surface area contributed by atoms with E-state index in [9.17, 15) is 9.59 Å². The second kappa shape index (κ2) is 6.57. The molecule has 0 atom stereocenters. The van der Waals surface area contributed by atoms with Crippen LogP contribution in [-0.2, 0) is 10.3 Å². The molecule has 0 spiro atoms. The molecule has 5 nitrogen and oxygen atoms in total. The molecule has 4 rings (SSSR count). The molecular formula is C20H15N3O2S. The van der Waals surface area contributed by atoms with Crippen LogP contribution in [0.2, 0.25) is 0 Å². The largest absolute Gasteiger partial charge is 0.346 e. The molecule has 1 fully saturated rings. The van der Waals surface area contributed by atoms with Gasteiger partial charge in [-0.05, 0) is 28.0 Å². The van der Waals surface area contributed by atoms with E-state index in [4.69, 9.17) is 0 Å². The summed E-state index contributed by atoms with van der Waals surface area (Å²) in [5.41, 5.74) is 0.939. The van der Waals surface area contributed by atoms with Crippen molar-refractivity contribution in [2.45, 2.75) is 5.54 Å². The minimum atomic E-state index is -1.29. The third kappa shape index (κ3) is 2.60. The van der Waals surface area contributed by atoms with Crippen molar-refractivity contribution in [1.29, 1.82) is 0 Å². The van der Waals surface area contributed by atoms with Crippen LogP contribution in [0.3, 0.4) is 0 Å². The summed E-state index contributed by atoms with van der Waals surface area (Å²) in [4.78, 5) is 25.9. The summed E-state index contributed by atoms with van der Waals surface area (Å²) in [6, 6.07) is 19.8. The number of hydrogen-bond acceptors (Lipinski definition) is 4. The molecule has 26 heavy (non-hydrogen) atoms. The second-order valence-corrected chi connectivity index (χ2v) is 6.61. The van der Waals surface area contributed by atoms with Crippen LogP contribution in [-0.4, -0.2) is 23.2 Å². The highest BCUT2D eigenvalue weighted by molar-refractivity contribution is 7.08. The van der Waals surface area contributed by atoms with E-state index >= 15 is 0 Å². The van der Waals surface area contributed by atoms with Gasteiger partial charge in [0.2, 0.25) is 0 Å². The Hall–Kier alpha value is -3.25. The molecule has 1 N–H and O–H groups in total. The average Bonchev–Trinajstić information content (AvgIpc) is 3.29. The maximum atomic E-state index is 13.3. The van der Waals surface area contributed by atoms with Gasteiger partial charge >= 0.3 is 6.03 Å². The number of amides is 3. The van der Waals surface area contributed by atoms with Crippen LogP contribution in [0, 0.1) is 0 Å². The van der Waals surface area contributed by atoms with E-state index in [1.54, 1.807) is 0 Å². The summed E-state index contributed by atoms with van der Waals surface area (Å²) in [7, 11) is 0. The maximum absolute atomic E-state index is 13.3. The molecule has 3 aromatic rings. The second-order valence-electron chi connectivity index (χ2n) is 5.83. The molecule has 2 aromatic carbocycles. The number of imide groups is 1. The number of benzene rings is 2. The normalized spacial score (nSPS) is 16.2. The highest BCUT2D eigenvalue weighted by Gasteiger charge is 2.54. The van der Waals surface area contributed by atoms with Crippen LogP contribution in [0.1, 0.15) is 16.7 Å². The highest BCUT2D eigenvalue weighted by Crippen LogP contribution is 2.36. The van der Waals surface area contributed by atoms with E-state index in [1.165, 1.54) is 17.6 Å². The van der Waals surface area contributed by atoms with Gasteiger partial charge in [0.25, 0.3) is 5.91 Å². The summed E-state index contributed by atoms with van der Waals surface area (Å²) in [5.74, 6) is -0.425. The maximum Gasteiger partial charge on any atom is 0.346 e. The average molecular weight is 361 g/mol. The summed E-state index contributed by atoms with van der Waals surface area (Å²) in [6.07, 6.45) is 1.51. The van der Waals surface area contributed by atoms with Crippen molar-refractivity contribution in [2.75, 3.05) is 0 Å². The van der Waals surface area contributed by atoms with Crippen LogP contribution < -0.4 is 5.32 Å². The number of carbonyl (C=O) groups is 2. The minimum Gasteiger partial charge on any atom is -0.314 e. The first-order chi connectivity index (χ1) is 12.7. The molecule has 0 unspecified atom stereocenters. The Morgan fingerprint density at radius 1 is 0.923 bits per heavy atom. The molecule has 1 saturated heterocycles. The molecule has 1 aliphatic heterocycles. The van der Waals surface area contributed by atoms with Gasteiger partial charge in [-0.3, -0.25) is 4.79 Å². The third-order valence-corrected chi connectivity index (χ3v) is 4.98. The van der Waals surface area contributed by atoms with Crippen molar-refractivity contribution >= 4 is 29.5 Å². The van der Waals surface area contributed by atoms with Crippen molar-refractivity contribution in [3.8, 4) is 0 Å². The van der Waals surface area contributed by atoms with E-state index in [-0.39, 0.29) is 0 Å². The first-order valence-electron chi connectivity index (χ1n) is 8.06. The van der Waals surface area contributed by atoms with Gasteiger partial charge in [-0.25, -0.2) is 4.79 Å². The zero-order chi connectivity index (χ0) is 18.0. The van der Waals surface area contributed by atoms with Crippen molar-refractivity contribution in [1.82, 2.24) is 10.3 Å². The van der Waals surface area contributed by atoms with Gasteiger partial charge in [0.15, 0.2) is 5.54 Å². The standard InChI is InChI=1S/C20H15N3O2S/c24-18-20(16-7-3-1-4-8-16,17-9-5-2-6-10-17)22-19(25)23(18)21-13-15-11-12-26-14-15/h1-14H,(H,22,25)/b21-13-. The number of rotatable bonds is 4. The van der Waals surface area contributed by atoms with Crippen molar-refractivity contribution in [3.63, 3.8) is 0 Å². The molecule has 128 valence electrons. The smallest absolute Gasteiger partial charge is 0.314 e. The third-order valence-electron chi connectivity index (χ3n) is 4.28. The fourth-order valence-electron chi connectivity index (χ4n) is 3.03. The summed E-state index contributed by atoms with van der Waals surface area (Å²) in [6.45, 7) is 0. The minimum absolute atomic E-state index is 0.425. The summed E-state index contributed by atoms with van der Waals surface area (Å²) in [5, 5.41) is 11.7. The molecule has 0 bridgehead atoms. The Morgan fingerprint density at radius 3 is 2.08 bits per heavy atom. The molecule has 1 aliphatic rings. The number of urea groups is 1. The lowest BCUT2D eigenvalue weighted by Crippen LogP contribution is -2.44. The Bertz CT molecular complexity index is 914. The summed E-state index contributed by atoms with van der Waals surface area (Å²) < 4.78 is 0. The van der Waals surface area contributed by atoms with Gasteiger partial charge in [-0.15, -0.1) is 5.01 Å². The molecule has 6 heteroatoms. The molecule has 1 aromatic heterocycles. The van der Waals surface area contributed by atoms with E-state index in [0.717, 1.165) is 10.6 Å². The number of nitrogens with zero attached hydrogens (tertiary/aromatic N) is 2. The number of nitrogens with one attached hydrogen (secondary N) is 1. The molecule has 3 amide bonds. The van der Waals surface area contributed by atoms with E-state index in [1.807, 2.05) is 77.5 Å². The molecule has 2 heterocycles. The van der Waals surface area contributed by atoms with Crippen LogP contribution >= 0.6 is 11.3 Å². The Kier molecular flexibility index (Phi) is 4.10. The zero-order valence-electron chi connectivity index (χ0n) is 13.7. The lowest BCUT2D eigenvalue weighted by atomic mass is 9.83. The monoisotopic (exact) mass is 361 g/mol. The van der Waals surface area contributed by atoms with Gasteiger partial charge in [0, 0.05) is 5.56 Å². The Morgan fingerprint density at radius 2 is 1.54 bits per heavy atom. The predicted molar refractivity (Wildman–Crippen MR) is 101 cm³/mol. The zero-order valence-corrected chi connectivity index (χ0v) is 14.5. The van der Waals surface area contributed by atoms with Crippen LogP contribution in [0.15, 0.2) is 82.6 Å². The topological polar surface area (TPSA) is 61.8 Å². The van der Waals surface area contributed by atoms with Gasteiger partial charge in [0.05, 0.1) is 6.21 Å². The Labute approximate surface area is 154 Å². The molecular weight excluding hydrogens is 346 g/mol. The van der Waals surface area contributed by atoms with Crippen molar-refractivity contribution in [2.24, 2.45) is 5.10 Å². The number of thiophene rings is 1. The quantitative estimate of drug-likeness (QED) is 0.570. The molecule has 0 radical (unpaired) electrons. The SMILES string of the molecule is O=C1NC(c2ccccc2)(c2ccccc2)C(=O)N1/N=C\c1ccsc1. The van der Waals surface area contributed by atoms with E-state index in [0.29, 0.717) is 11.1 Å². The Balaban J connectivity index is 1.80. The van der Waals surface area contributed by atoms with Gasteiger partial charge in [-0.2, -0.15) is 16.4 Å². The van der Waals surface area contributed by atoms with Gasteiger partial charge in [-0.1, -0.05) is 60.7 Å². The van der Waals surface area contributed by atoms with Crippen molar-refractivity contribution < 1.29 is 9.59 Å². The molecule has 0 saturated carbocycles. The van der Waals surface area contributed by atoms with Crippen LogP contribution in [0.25, 0.3) is 0 Å². The van der Waals surface area contributed by atoms with Crippen molar-refractivity contribution in [3.05, 3.63) is 94.2 Å². The predicted octanol–water partition coefficient (Wildman–Crippen LogP) is 3.58. The number of hydrazone groups is 1. The van der Waals surface area contributed by atoms with Crippen LogP contribution in [0.5, 0.6) is 0 Å². The molecule has 0 aliphatic carbocycles. The number of carbonyl (C=O) groups excluding carboxylic acids is 2. The lowest BCUT2D eigenvalue weighted by molar-refractivity contribution is -0.130. The van der Waals surface area contributed by atoms with E-state index < -0.39 is 17.5 Å². The first kappa shape index (κ1) is 16.2.